The summed E-state index contributed by atoms with van der Waals surface area (Å²) in [4.78, 5) is 11.4. The normalized spacial score (nSPS) is 11.5. The number of nitrogens with zero attached hydrogens (tertiary/aromatic N) is 2. The van der Waals surface area contributed by atoms with Crippen molar-refractivity contribution in [3.63, 3.8) is 0 Å². The van der Waals surface area contributed by atoms with Crippen molar-refractivity contribution in [3.8, 4) is 0 Å². The van der Waals surface area contributed by atoms with E-state index in [0.29, 0.717) is 5.15 Å². The summed E-state index contributed by atoms with van der Waals surface area (Å²) in [5.41, 5.74) is 0.301. The second-order valence-electron chi connectivity index (χ2n) is 4.35. The molecule has 0 aliphatic heterocycles. The van der Waals surface area contributed by atoms with Crippen LogP contribution in [-0.2, 0) is 16.1 Å². The summed E-state index contributed by atoms with van der Waals surface area (Å²) < 4.78 is 6.57. The molecule has 0 bridgehead atoms. The molecule has 0 spiro atoms. The predicted molar refractivity (Wildman–Crippen MR) is 57.8 cm³/mol. The lowest BCUT2D eigenvalue weighted by Gasteiger charge is -2.19. The Labute approximate surface area is 94.2 Å². The Kier molecular flexibility index (Phi) is 3.39. The Morgan fingerprint density at radius 2 is 2.20 bits per heavy atom. The lowest BCUT2D eigenvalue weighted by atomic mass is 10.2. The van der Waals surface area contributed by atoms with Gasteiger partial charge in [-0.2, -0.15) is 5.10 Å². The monoisotopic (exact) mass is 230 g/mol. The van der Waals surface area contributed by atoms with Crippen LogP contribution in [0, 0.1) is 6.92 Å². The third kappa shape index (κ3) is 3.91. The van der Waals surface area contributed by atoms with Gasteiger partial charge in [-0.3, -0.25) is 4.79 Å². The van der Waals surface area contributed by atoms with E-state index in [4.69, 9.17) is 16.3 Å². The van der Waals surface area contributed by atoms with Gasteiger partial charge in [0, 0.05) is 0 Å². The van der Waals surface area contributed by atoms with Gasteiger partial charge in [0.1, 0.15) is 17.3 Å². The van der Waals surface area contributed by atoms with Gasteiger partial charge >= 0.3 is 5.97 Å². The van der Waals surface area contributed by atoms with Gasteiger partial charge < -0.3 is 4.74 Å². The molecule has 1 rings (SSSR count). The Balaban J connectivity index is 2.63. The standard InChI is InChI=1S/C10H15ClN2O2/c1-7-5-8(11)13(12-7)6-9(14)15-10(2,3)4/h5H,6H2,1-4H3. The zero-order chi connectivity index (χ0) is 11.6. The van der Waals surface area contributed by atoms with Crippen LogP contribution in [0.1, 0.15) is 26.5 Å². The Morgan fingerprint density at radius 1 is 1.60 bits per heavy atom. The first kappa shape index (κ1) is 12.0. The topological polar surface area (TPSA) is 44.1 Å². The van der Waals surface area contributed by atoms with Crippen molar-refractivity contribution in [1.82, 2.24) is 9.78 Å². The average Bonchev–Trinajstić information content (AvgIpc) is 2.25. The maximum Gasteiger partial charge on any atom is 0.328 e. The van der Waals surface area contributed by atoms with Gasteiger partial charge in [0.15, 0.2) is 0 Å². The van der Waals surface area contributed by atoms with Crippen LogP contribution < -0.4 is 0 Å². The minimum atomic E-state index is -0.480. The minimum Gasteiger partial charge on any atom is -0.459 e. The second kappa shape index (κ2) is 4.23. The van der Waals surface area contributed by atoms with E-state index in [9.17, 15) is 4.79 Å². The third-order valence-corrected chi connectivity index (χ3v) is 1.86. The molecule has 0 aliphatic carbocycles. The summed E-state index contributed by atoms with van der Waals surface area (Å²) in [5.74, 6) is -0.340. The molecule has 0 N–H and O–H groups in total. The number of hydrogen-bond donors (Lipinski definition) is 0. The number of esters is 1. The molecule has 0 aliphatic rings. The summed E-state index contributed by atoms with van der Waals surface area (Å²) >= 11 is 5.85. The van der Waals surface area contributed by atoms with E-state index in [1.165, 1.54) is 4.68 Å². The quantitative estimate of drug-likeness (QED) is 0.732. The molecule has 15 heavy (non-hydrogen) atoms. The van der Waals surface area contributed by atoms with Gasteiger partial charge in [0.25, 0.3) is 0 Å². The van der Waals surface area contributed by atoms with Gasteiger partial charge in [-0.1, -0.05) is 11.6 Å². The molecule has 1 aromatic heterocycles. The first-order valence-corrected chi connectivity index (χ1v) is 5.07. The number of ether oxygens (including phenoxy) is 1. The number of hydrogen-bond acceptors (Lipinski definition) is 3. The van der Waals surface area contributed by atoms with Crippen LogP contribution in [0.2, 0.25) is 5.15 Å². The molecule has 0 amide bonds. The highest BCUT2D eigenvalue weighted by Gasteiger charge is 2.17. The molecule has 4 nitrogen and oxygen atoms in total. The fraction of sp³-hybridized carbons (Fsp3) is 0.600. The number of aromatic nitrogens is 2. The average molecular weight is 231 g/mol. The van der Waals surface area contributed by atoms with Gasteiger partial charge in [-0.25, -0.2) is 4.68 Å². The van der Waals surface area contributed by atoms with Crippen LogP contribution in [0.5, 0.6) is 0 Å². The van der Waals surface area contributed by atoms with Gasteiger partial charge in [-0.05, 0) is 33.8 Å². The summed E-state index contributed by atoms with van der Waals surface area (Å²) in [6.07, 6.45) is 0. The summed E-state index contributed by atoms with van der Waals surface area (Å²) in [7, 11) is 0. The number of carbonyl (C=O) groups excluding carboxylic acids is 1. The van der Waals surface area contributed by atoms with Crippen molar-refractivity contribution in [2.24, 2.45) is 0 Å². The van der Waals surface area contributed by atoms with Crippen LogP contribution in [0.4, 0.5) is 0 Å². The van der Waals surface area contributed by atoms with Gasteiger partial charge in [0.2, 0.25) is 0 Å². The van der Waals surface area contributed by atoms with Crippen molar-refractivity contribution in [3.05, 3.63) is 16.9 Å². The molecular formula is C10H15ClN2O2. The molecule has 1 aromatic rings. The maximum atomic E-state index is 11.4. The molecular weight excluding hydrogens is 216 g/mol. The Bertz CT molecular complexity index is 366. The maximum absolute atomic E-state index is 11.4. The van der Waals surface area contributed by atoms with Crippen LogP contribution in [-0.4, -0.2) is 21.4 Å². The number of halogens is 1. The van der Waals surface area contributed by atoms with E-state index in [0.717, 1.165) is 5.69 Å². The fourth-order valence-corrected chi connectivity index (χ4v) is 1.38. The zero-order valence-corrected chi connectivity index (χ0v) is 10.1. The highest BCUT2D eigenvalue weighted by atomic mass is 35.5. The molecule has 0 aromatic carbocycles. The molecule has 0 unspecified atom stereocenters. The fourth-order valence-electron chi connectivity index (χ4n) is 1.12. The SMILES string of the molecule is Cc1cc(Cl)n(CC(=O)OC(C)(C)C)n1. The van der Waals surface area contributed by atoms with Crippen molar-refractivity contribution >= 4 is 17.6 Å². The summed E-state index contributed by atoms with van der Waals surface area (Å²) in [6.45, 7) is 7.32. The first-order chi connectivity index (χ1) is 6.78. The van der Waals surface area contributed by atoms with Crippen LogP contribution in [0.3, 0.4) is 0 Å². The molecule has 0 atom stereocenters. The molecule has 0 radical (unpaired) electrons. The molecule has 0 saturated carbocycles. The van der Waals surface area contributed by atoms with E-state index >= 15 is 0 Å². The van der Waals surface area contributed by atoms with Crippen LogP contribution >= 0.6 is 11.6 Å². The number of aryl methyl sites for hydroxylation is 1. The van der Waals surface area contributed by atoms with Gasteiger partial charge in [0.05, 0.1) is 5.69 Å². The molecule has 1 heterocycles. The number of carbonyl (C=O) groups is 1. The minimum absolute atomic E-state index is 0.0456. The smallest absolute Gasteiger partial charge is 0.328 e. The van der Waals surface area contributed by atoms with Crippen molar-refractivity contribution in [2.75, 3.05) is 0 Å². The second-order valence-corrected chi connectivity index (χ2v) is 4.74. The number of rotatable bonds is 2. The Hall–Kier alpha value is -1.03. The Morgan fingerprint density at radius 3 is 2.60 bits per heavy atom. The molecule has 84 valence electrons. The van der Waals surface area contributed by atoms with E-state index in [-0.39, 0.29) is 12.5 Å². The van der Waals surface area contributed by atoms with E-state index in [2.05, 4.69) is 5.10 Å². The summed E-state index contributed by atoms with van der Waals surface area (Å²) in [6, 6.07) is 1.70. The third-order valence-electron chi connectivity index (χ3n) is 1.55. The zero-order valence-electron chi connectivity index (χ0n) is 9.37. The molecule has 5 heteroatoms. The highest BCUT2D eigenvalue weighted by Crippen LogP contribution is 2.12. The predicted octanol–water partition coefficient (Wildman–Crippen LogP) is 2.19. The van der Waals surface area contributed by atoms with Crippen LogP contribution in [0.25, 0.3) is 0 Å². The van der Waals surface area contributed by atoms with Crippen molar-refractivity contribution in [2.45, 2.75) is 39.8 Å². The molecule has 0 fully saturated rings. The van der Waals surface area contributed by atoms with Crippen molar-refractivity contribution < 1.29 is 9.53 Å². The van der Waals surface area contributed by atoms with E-state index in [1.807, 2.05) is 27.7 Å². The lowest BCUT2D eigenvalue weighted by Crippen LogP contribution is -2.26. The lowest BCUT2D eigenvalue weighted by molar-refractivity contribution is -0.155. The van der Waals surface area contributed by atoms with Crippen molar-refractivity contribution in [1.29, 1.82) is 0 Å². The van der Waals surface area contributed by atoms with E-state index in [1.54, 1.807) is 6.07 Å². The largest absolute Gasteiger partial charge is 0.459 e. The first-order valence-electron chi connectivity index (χ1n) is 4.70. The highest BCUT2D eigenvalue weighted by molar-refractivity contribution is 6.29. The van der Waals surface area contributed by atoms with Gasteiger partial charge in [-0.15, -0.1) is 0 Å². The summed E-state index contributed by atoms with van der Waals surface area (Å²) in [5, 5.41) is 4.51. The molecule has 0 saturated heterocycles. The van der Waals surface area contributed by atoms with Crippen LogP contribution in [0.15, 0.2) is 6.07 Å². The van der Waals surface area contributed by atoms with E-state index < -0.39 is 5.60 Å².